The molecule has 128 valence electrons. The number of hydrogen-bond acceptors (Lipinski definition) is 3. The van der Waals surface area contributed by atoms with Crippen LogP contribution in [0.4, 0.5) is 10.1 Å². The average molecular weight is 337 g/mol. The first kappa shape index (κ1) is 15.9. The fourth-order valence-electron chi connectivity index (χ4n) is 3.97. The lowest BCUT2D eigenvalue weighted by Crippen LogP contribution is -2.29. The Morgan fingerprint density at radius 2 is 2.16 bits per heavy atom. The number of benzene rings is 2. The molecule has 1 aliphatic heterocycles. The van der Waals surface area contributed by atoms with E-state index in [2.05, 4.69) is 17.5 Å². The van der Waals surface area contributed by atoms with Gasteiger partial charge in [-0.25, -0.2) is 9.18 Å². The van der Waals surface area contributed by atoms with Crippen LogP contribution < -0.4 is 5.32 Å². The minimum absolute atomic E-state index is 0.0524. The molecule has 2 aliphatic rings. The molecule has 1 N–H and O–H groups in total. The zero-order valence-electron chi connectivity index (χ0n) is 14.0. The monoisotopic (exact) mass is 337 g/mol. The molecular formula is C21H20FNO2. The summed E-state index contributed by atoms with van der Waals surface area (Å²) in [5.41, 5.74) is 3.64. The molecule has 0 bridgehead atoms. The number of hydrogen-bond donors (Lipinski definition) is 1. The highest BCUT2D eigenvalue weighted by Crippen LogP contribution is 2.49. The molecule has 0 unspecified atom stereocenters. The van der Waals surface area contributed by atoms with Crippen molar-refractivity contribution in [1.29, 1.82) is 0 Å². The number of carbonyl (C=O) groups is 1. The van der Waals surface area contributed by atoms with Gasteiger partial charge < -0.3 is 10.1 Å². The van der Waals surface area contributed by atoms with Crippen LogP contribution in [-0.2, 0) is 4.74 Å². The molecule has 0 radical (unpaired) electrons. The molecule has 4 rings (SSSR count). The maximum Gasteiger partial charge on any atom is 0.338 e. The zero-order chi connectivity index (χ0) is 17.4. The normalized spacial score (nSPS) is 23.5. The largest absolute Gasteiger partial charge is 0.462 e. The Kier molecular flexibility index (Phi) is 4.04. The fraction of sp³-hybridized carbons (Fsp3) is 0.286. The quantitative estimate of drug-likeness (QED) is 0.644. The Bertz CT molecular complexity index is 846. The Morgan fingerprint density at radius 1 is 1.28 bits per heavy atom. The number of esters is 1. The topological polar surface area (TPSA) is 38.3 Å². The second-order valence-corrected chi connectivity index (χ2v) is 6.55. The van der Waals surface area contributed by atoms with Crippen molar-refractivity contribution in [2.75, 3.05) is 11.9 Å². The van der Waals surface area contributed by atoms with E-state index >= 15 is 0 Å². The Hall–Kier alpha value is -2.62. The molecule has 0 spiro atoms. The van der Waals surface area contributed by atoms with Gasteiger partial charge in [0.25, 0.3) is 0 Å². The average Bonchev–Trinajstić information content (AvgIpc) is 3.11. The highest BCUT2D eigenvalue weighted by atomic mass is 19.1. The van der Waals surface area contributed by atoms with Crippen molar-refractivity contribution in [3.05, 3.63) is 77.1 Å². The van der Waals surface area contributed by atoms with Crippen molar-refractivity contribution in [2.45, 2.75) is 25.3 Å². The highest BCUT2D eigenvalue weighted by molar-refractivity contribution is 5.90. The van der Waals surface area contributed by atoms with Gasteiger partial charge in [-0.3, -0.25) is 0 Å². The fourth-order valence-corrected chi connectivity index (χ4v) is 3.97. The van der Waals surface area contributed by atoms with E-state index in [1.165, 1.54) is 6.07 Å². The summed E-state index contributed by atoms with van der Waals surface area (Å²) >= 11 is 0. The SMILES string of the molecule is CCOC(=O)c1ccc2c(c1)[C@@H]1C=CC[C@@H]1[C@@H](c1cccc(F)c1)N2. The summed E-state index contributed by atoms with van der Waals surface area (Å²) in [6.07, 6.45) is 5.31. The van der Waals surface area contributed by atoms with Crippen LogP contribution in [0.2, 0.25) is 0 Å². The van der Waals surface area contributed by atoms with Crippen molar-refractivity contribution in [1.82, 2.24) is 0 Å². The van der Waals surface area contributed by atoms with Crippen LogP contribution in [0.25, 0.3) is 0 Å². The number of nitrogens with one attached hydrogen (secondary N) is 1. The van der Waals surface area contributed by atoms with Crippen LogP contribution in [0, 0.1) is 11.7 Å². The van der Waals surface area contributed by atoms with Gasteiger partial charge in [-0.15, -0.1) is 0 Å². The molecule has 0 amide bonds. The van der Waals surface area contributed by atoms with Crippen molar-refractivity contribution in [3.63, 3.8) is 0 Å². The third-order valence-corrected chi connectivity index (χ3v) is 5.08. The summed E-state index contributed by atoms with van der Waals surface area (Å²) < 4.78 is 18.8. The Labute approximate surface area is 146 Å². The van der Waals surface area contributed by atoms with Gasteiger partial charge in [-0.05, 0) is 60.7 Å². The molecule has 25 heavy (non-hydrogen) atoms. The summed E-state index contributed by atoms with van der Waals surface area (Å²) in [5, 5.41) is 3.55. The van der Waals surface area contributed by atoms with Gasteiger partial charge in [0.1, 0.15) is 5.82 Å². The molecule has 0 saturated heterocycles. The van der Waals surface area contributed by atoms with E-state index in [4.69, 9.17) is 4.74 Å². The van der Waals surface area contributed by atoms with Crippen LogP contribution in [-0.4, -0.2) is 12.6 Å². The van der Waals surface area contributed by atoms with E-state index in [0.717, 1.165) is 23.2 Å². The third-order valence-electron chi connectivity index (χ3n) is 5.08. The molecule has 3 atom stereocenters. The molecular weight excluding hydrogens is 317 g/mol. The second kappa shape index (κ2) is 6.36. The second-order valence-electron chi connectivity index (χ2n) is 6.55. The van der Waals surface area contributed by atoms with Crippen molar-refractivity contribution in [2.24, 2.45) is 5.92 Å². The van der Waals surface area contributed by atoms with Gasteiger partial charge in [0.15, 0.2) is 0 Å². The summed E-state index contributed by atoms with van der Waals surface area (Å²) in [5.74, 6) is 0.0204. The van der Waals surface area contributed by atoms with Crippen molar-refractivity contribution < 1.29 is 13.9 Å². The van der Waals surface area contributed by atoms with Crippen LogP contribution in [0.1, 0.15) is 46.8 Å². The standard InChI is InChI=1S/C21H20FNO2/c1-2-25-21(24)14-9-10-19-18(12-14)16-7-4-8-17(16)20(23-19)13-5-3-6-15(22)11-13/h3-7,9-12,16-17,20,23H,2,8H2,1H3/t16-,17+,20-/m1/s1. The number of allylic oxidation sites excluding steroid dienone is 2. The number of rotatable bonds is 3. The smallest absolute Gasteiger partial charge is 0.338 e. The van der Waals surface area contributed by atoms with Crippen LogP contribution in [0.5, 0.6) is 0 Å². The summed E-state index contributed by atoms with van der Waals surface area (Å²) in [7, 11) is 0. The maximum absolute atomic E-state index is 13.7. The van der Waals surface area contributed by atoms with Gasteiger partial charge in [-0.1, -0.05) is 24.3 Å². The molecule has 0 saturated carbocycles. The van der Waals surface area contributed by atoms with Crippen molar-refractivity contribution >= 4 is 11.7 Å². The molecule has 0 aromatic heterocycles. The molecule has 0 fully saturated rings. The van der Waals surface area contributed by atoms with Gasteiger partial charge in [0.2, 0.25) is 0 Å². The predicted octanol–water partition coefficient (Wildman–Crippen LogP) is 4.83. The molecule has 4 heteroatoms. The Balaban J connectivity index is 1.72. The third kappa shape index (κ3) is 2.82. The van der Waals surface area contributed by atoms with E-state index in [-0.39, 0.29) is 23.7 Å². The van der Waals surface area contributed by atoms with Gasteiger partial charge in [0.05, 0.1) is 18.2 Å². The molecule has 2 aromatic rings. The van der Waals surface area contributed by atoms with E-state index in [0.29, 0.717) is 18.1 Å². The van der Waals surface area contributed by atoms with Crippen molar-refractivity contribution in [3.8, 4) is 0 Å². The Morgan fingerprint density at radius 3 is 2.96 bits per heavy atom. The molecule has 1 aliphatic carbocycles. The van der Waals surface area contributed by atoms with E-state index in [1.807, 2.05) is 18.2 Å². The first-order valence-electron chi connectivity index (χ1n) is 8.67. The number of halogens is 1. The van der Waals surface area contributed by atoms with E-state index in [1.54, 1.807) is 25.1 Å². The van der Waals surface area contributed by atoms with E-state index in [9.17, 15) is 9.18 Å². The maximum atomic E-state index is 13.7. The predicted molar refractivity (Wildman–Crippen MR) is 95.2 cm³/mol. The summed E-state index contributed by atoms with van der Waals surface area (Å²) in [4.78, 5) is 12.0. The number of fused-ring (bicyclic) bond motifs is 3. The number of carbonyl (C=O) groups excluding carboxylic acids is 1. The van der Waals surface area contributed by atoms with Crippen LogP contribution in [0.15, 0.2) is 54.6 Å². The van der Waals surface area contributed by atoms with Crippen LogP contribution >= 0.6 is 0 Å². The minimum atomic E-state index is -0.295. The zero-order valence-corrected chi connectivity index (χ0v) is 14.0. The minimum Gasteiger partial charge on any atom is -0.462 e. The van der Waals surface area contributed by atoms with Gasteiger partial charge in [0, 0.05) is 11.6 Å². The lowest BCUT2D eigenvalue weighted by molar-refractivity contribution is 0.0526. The molecule has 1 heterocycles. The lowest BCUT2D eigenvalue weighted by Gasteiger charge is -2.37. The van der Waals surface area contributed by atoms with Gasteiger partial charge in [-0.2, -0.15) is 0 Å². The molecule has 2 aromatic carbocycles. The lowest BCUT2D eigenvalue weighted by atomic mass is 9.76. The summed E-state index contributed by atoms with van der Waals surface area (Å²) in [6.45, 7) is 2.17. The number of ether oxygens (including phenoxy) is 1. The van der Waals surface area contributed by atoms with Gasteiger partial charge >= 0.3 is 5.97 Å². The van der Waals surface area contributed by atoms with E-state index < -0.39 is 0 Å². The highest BCUT2D eigenvalue weighted by Gasteiger charge is 2.38. The molecule has 3 nitrogen and oxygen atoms in total. The number of anilines is 1. The van der Waals surface area contributed by atoms with Crippen LogP contribution in [0.3, 0.4) is 0 Å². The first-order valence-corrected chi connectivity index (χ1v) is 8.67. The summed E-state index contributed by atoms with van der Waals surface area (Å²) in [6, 6.07) is 12.5. The first-order chi connectivity index (χ1) is 12.2.